The van der Waals surface area contributed by atoms with Crippen molar-refractivity contribution in [1.29, 1.82) is 0 Å². The number of hydrogen-bond acceptors (Lipinski definition) is 4. The van der Waals surface area contributed by atoms with Crippen LogP contribution in [0.15, 0.2) is 152 Å². The topological polar surface area (TPSA) is 21.7 Å². The quantitative estimate of drug-likeness (QED) is 0.162. The number of nitrogens with zero attached hydrogens (tertiary/aromatic N) is 1. The third kappa shape index (κ3) is 6.93. The van der Waals surface area contributed by atoms with Crippen molar-refractivity contribution in [3.8, 4) is 45.3 Å². The average molecular weight is 814 g/mol. The number of benzene rings is 7. The second-order valence-electron chi connectivity index (χ2n) is 19.8. The molecule has 3 heterocycles. The molecule has 0 amide bonds. The zero-order chi connectivity index (χ0) is 42.4. The van der Waals surface area contributed by atoms with Gasteiger partial charge in [0.25, 0.3) is 6.71 Å². The van der Waals surface area contributed by atoms with Gasteiger partial charge in [0.1, 0.15) is 23.0 Å². The molecule has 10 rings (SSSR count). The highest BCUT2D eigenvalue weighted by molar-refractivity contribution is 7.33. The fourth-order valence-electron chi connectivity index (χ4n) is 8.95. The second-order valence-corrected chi connectivity index (χ2v) is 20.9. The van der Waals surface area contributed by atoms with Crippen LogP contribution in [-0.4, -0.2) is 6.71 Å². The average Bonchev–Trinajstić information content (AvgIpc) is 3.61. The van der Waals surface area contributed by atoms with E-state index < -0.39 is 0 Å². The van der Waals surface area contributed by atoms with Gasteiger partial charge in [-0.2, -0.15) is 0 Å². The van der Waals surface area contributed by atoms with Crippen molar-refractivity contribution in [2.24, 2.45) is 0 Å². The lowest BCUT2D eigenvalue weighted by molar-refractivity contribution is 0.468. The molecule has 0 bridgehead atoms. The van der Waals surface area contributed by atoms with E-state index in [1.807, 2.05) is 11.3 Å². The smallest absolute Gasteiger partial charge is 0.273 e. The minimum absolute atomic E-state index is 0.00149. The van der Waals surface area contributed by atoms with Crippen LogP contribution in [0.3, 0.4) is 0 Å². The van der Waals surface area contributed by atoms with Crippen molar-refractivity contribution in [2.75, 3.05) is 4.90 Å². The molecular formula is C56H52BNO2S. The number of rotatable bonds is 5. The molecule has 0 saturated heterocycles. The van der Waals surface area contributed by atoms with Gasteiger partial charge >= 0.3 is 0 Å². The Morgan fingerprint density at radius 3 is 1.56 bits per heavy atom. The second kappa shape index (κ2) is 14.3. The van der Waals surface area contributed by atoms with Crippen LogP contribution in [-0.2, 0) is 16.2 Å². The number of fused-ring (bicyclic) bond motifs is 6. The van der Waals surface area contributed by atoms with Gasteiger partial charge in [-0.05, 0) is 104 Å². The fraction of sp³-hybridized carbons (Fsp3) is 0.214. The molecule has 0 radical (unpaired) electrons. The van der Waals surface area contributed by atoms with Gasteiger partial charge in [-0.3, -0.25) is 0 Å². The summed E-state index contributed by atoms with van der Waals surface area (Å²) >= 11 is 1.84. The van der Waals surface area contributed by atoms with E-state index in [1.54, 1.807) is 0 Å². The van der Waals surface area contributed by atoms with Crippen LogP contribution in [0.5, 0.6) is 23.0 Å². The van der Waals surface area contributed by atoms with Crippen molar-refractivity contribution in [3.05, 3.63) is 168 Å². The van der Waals surface area contributed by atoms with Crippen LogP contribution in [0.25, 0.3) is 32.3 Å². The summed E-state index contributed by atoms with van der Waals surface area (Å²) in [6.07, 6.45) is 0. The standard InChI is InChI=1S/C56H52BNO2S/c1-54(2,3)38-20-25-41(26-21-38)58(42-27-22-39(23-28-42)55(4,5)6)46-34-47-45(33-43(46)36-18-14-11-15-19-36)57-51-48(59-47)30-37(35-16-12-10-13-17-35)31-49(51)60-52-44-32-40(56(7,8)9)24-29-50(44)61-53(52)57/h10-34H,1-9H3. The van der Waals surface area contributed by atoms with Gasteiger partial charge in [0.05, 0.1) is 5.69 Å². The van der Waals surface area contributed by atoms with E-state index in [4.69, 9.17) is 9.47 Å². The van der Waals surface area contributed by atoms with Gasteiger partial charge < -0.3 is 14.4 Å². The van der Waals surface area contributed by atoms with Crippen LogP contribution >= 0.6 is 11.3 Å². The van der Waals surface area contributed by atoms with E-state index in [0.29, 0.717) is 0 Å². The Hall–Kier alpha value is -6.04. The Kier molecular flexibility index (Phi) is 9.16. The zero-order valence-corrected chi connectivity index (χ0v) is 37.5. The maximum Gasteiger partial charge on any atom is 0.273 e. The minimum atomic E-state index is -0.0834. The first-order valence-electron chi connectivity index (χ1n) is 21.5. The van der Waals surface area contributed by atoms with Crippen molar-refractivity contribution >= 4 is 60.9 Å². The highest BCUT2D eigenvalue weighted by atomic mass is 32.1. The van der Waals surface area contributed by atoms with Crippen molar-refractivity contribution < 1.29 is 9.47 Å². The van der Waals surface area contributed by atoms with Gasteiger partial charge in [0.15, 0.2) is 0 Å². The molecular weight excluding hydrogens is 761 g/mol. The normalized spacial score (nSPS) is 13.2. The van der Waals surface area contributed by atoms with E-state index in [1.165, 1.54) is 31.6 Å². The molecule has 1 aromatic heterocycles. The Morgan fingerprint density at radius 1 is 0.475 bits per heavy atom. The van der Waals surface area contributed by atoms with Gasteiger partial charge in [0, 0.05) is 43.3 Å². The maximum absolute atomic E-state index is 7.22. The summed E-state index contributed by atoms with van der Waals surface area (Å²) in [5, 5.41) is 1.17. The summed E-state index contributed by atoms with van der Waals surface area (Å²) in [4.78, 5) is 2.41. The zero-order valence-electron chi connectivity index (χ0n) is 36.7. The molecule has 5 heteroatoms. The lowest BCUT2D eigenvalue weighted by Gasteiger charge is -2.35. The highest BCUT2D eigenvalue weighted by Gasteiger charge is 2.43. The first kappa shape index (κ1) is 39.1. The molecule has 0 N–H and O–H groups in total. The molecule has 0 saturated carbocycles. The predicted molar refractivity (Wildman–Crippen MR) is 261 cm³/mol. The summed E-state index contributed by atoms with van der Waals surface area (Å²) < 4.78 is 16.8. The molecule has 0 spiro atoms. The van der Waals surface area contributed by atoms with Crippen molar-refractivity contribution in [2.45, 2.75) is 78.6 Å². The molecule has 0 fully saturated rings. The molecule has 0 unspecified atom stereocenters. The van der Waals surface area contributed by atoms with Gasteiger partial charge in [-0.25, -0.2) is 0 Å². The first-order valence-corrected chi connectivity index (χ1v) is 22.3. The SMILES string of the molecule is CC(C)(C)c1ccc(N(c2ccc(C(C)(C)C)cc2)c2cc3c(cc2-c2ccccc2)B2c4sc5ccc(C(C)(C)C)cc5c4Oc4cc(-c5ccccc5)cc(c42)O3)cc1. The molecule has 0 atom stereocenters. The van der Waals surface area contributed by atoms with E-state index in [9.17, 15) is 0 Å². The van der Waals surface area contributed by atoms with Crippen molar-refractivity contribution in [3.63, 3.8) is 0 Å². The van der Waals surface area contributed by atoms with Gasteiger partial charge in [0.2, 0.25) is 0 Å². The van der Waals surface area contributed by atoms with Crippen LogP contribution < -0.4 is 30.1 Å². The Morgan fingerprint density at radius 2 is 1.00 bits per heavy atom. The van der Waals surface area contributed by atoms with Gasteiger partial charge in [-0.1, -0.05) is 159 Å². The number of anilines is 3. The molecule has 3 nitrogen and oxygen atoms in total. The predicted octanol–water partition coefficient (Wildman–Crippen LogP) is 14.3. The fourth-order valence-corrected chi connectivity index (χ4v) is 10.2. The summed E-state index contributed by atoms with van der Waals surface area (Å²) in [6.45, 7) is 20.4. The molecule has 2 aliphatic heterocycles. The molecule has 0 aliphatic carbocycles. The third-order valence-electron chi connectivity index (χ3n) is 12.5. The summed E-state index contributed by atoms with van der Waals surface area (Å²) in [5.74, 6) is 3.50. The van der Waals surface area contributed by atoms with Crippen LogP contribution in [0.1, 0.15) is 79.0 Å². The molecule has 7 aromatic carbocycles. The first-order chi connectivity index (χ1) is 29.1. The van der Waals surface area contributed by atoms with E-state index in [0.717, 1.165) is 73.2 Å². The van der Waals surface area contributed by atoms with Gasteiger partial charge in [-0.15, -0.1) is 11.3 Å². The van der Waals surface area contributed by atoms with E-state index in [-0.39, 0.29) is 23.0 Å². The van der Waals surface area contributed by atoms with Crippen molar-refractivity contribution in [1.82, 2.24) is 0 Å². The Bertz CT molecular complexity index is 2890. The Labute approximate surface area is 365 Å². The lowest BCUT2D eigenvalue weighted by Crippen LogP contribution is -2.56. The summed E-state index contributed by atoms with van der Waals surface area (Å²) in [6, 6.07) is 55.6. The largest absolute Gasteiger partial charge is 0.458 e. The van der Waals surface area contributed by atoms with Crippen LogP contribution in [0.4, 0.5) is 17.1 Å². The Balaban J connectivity index is 1.24. The molecule has 302 valence electrons. The number of thiophene rings is 1. The summed E-state index contributed by atoms with van der Waals surface area (Å²) in [5.41, 5.74) is 13.9. The van der Waals surface area contributed by atoms with Crippen LogP contribution in [0, 0.1) is 0 Å². The lowest BCUT2D eigenvalue weighted by atomic mass is 9.37. The monoisotopic (exact) mass is 813 g/mol. The third-order valence-corrected chi connectivity index (χ3v) is 13.7. The number of hydrogen-bond donors (Lipinski definition) is 0. The number of ether oxygens (including phenoxy) is 2. The maximum atomic E-state index is 7.22. The molecule has 61 heavy (non-hydrogen) atoms. The van der Waals surface area contributed by atoms with Crippen LogP contribution in [0.2, 0.25) is 0 Å². The molecule has 2 aliphatic rings. The van der Waals surface area contributed by atoms with E-state index >= 15 is 0 Å². The minimum Gasteiger partial charge on any atom is -0.458 e. The summed E-state index contributed by atoms with van der Waals surface area (Å²) in [7, 11) is 0. The highest BCUT2D eigenvalue weighted by Crippen LogP contribution is 2.48. The van der Waals surface area contributed by atoms with E-state index in [2.05, 4.69) is 219 Å². The molecule has 8 aromatic rings.